The number of unbranched alkanes of at least 4 members (excludes halogenated alkanes) is 5. The SMILES string of the molecule is CCCCC[C@@H](C(=O)NCNC(=O)c1ccc(-c2ccc(C(=O)N[C@@H](CC(=O)OCCCC)C(=O)OCCCC)c(OCC(=O)OCCCC)c2)o1)[C@@H](CC)N(C=O)OC(=O)c1ccccc1OC(C)=O. The summed E-state index contributed by atoms with van der Waals surface area (Å²) in [6.45, 7) is 10.1. The molecule has 0 bridgehead atoms. The van der Waals surface area contributed by atoms with E-state index in [1.165, 1.54) is 55.5 Å². The minimum atomic E-state index is -1.41. The molecule has 20 nitrogen and oxygen atoms in total. The molecule has 2 aromatic carbocycles. The van der Waals surface area contributed by atoms with E-state index in [4.69, 9.17) is 32.9 Å². The molecule has 0 radical (unpaired) electrons. The number of ether oxygens (including phenoxy) is 5. The molecule has 0 aliphatic carbocycles. The molecule has 1 aromatic heterocycles. The van der Waals surface area contributed by atoms with Gasteiger partial charge in [-0.3, -0.25) is 28.8 Å². The van der Waals surface area contributed by atoms with Crippen molar-refractivity contribution in [3.05, 3.63) is 71.5 Å². The van der Waals surface area contributed by atoms with E-state index < -0.39 is 78.6 Å². The number of carbonyl (C=O) groups is 9. The molecule has 3 atom stereocenters. The highest BCUT2D eigenvalue weighted by atomic mass is 16.7. The summed E-state index contributed by atoms with van der Waals surface area (Å²) in [4.78, 5) is 122. The Morgan fingerprint density at radius 1 is 0.704 bits per heavy atom. The van der Waals surface area contributed by atoms with Gasteiger partial charge in [-0.05, 0) is 68.5 Å². The number of hydroxylamine groups is 2. The number of nitrogens with zero attached hydrogens (tertiary/aromatic N) is 1. The van der Waals surface area contributed by atoms with E-state index in [0.29, 0.717) is 44.1 Å². The number of hydrogen-bond acceptors (Lipinski definition) is 16. The van der Waals surface area contributed by atoms with E-state index in [0.717, 1.165) is 37.2 Å². The Balaban J connectivity index is 1.81. The quantitative estimate of drug-likeness (QED) is 0.0108. The fourth-order valence-electron chi connectivity index (χ4n) is 6.88. The van der Waals surface area contributed by atoms with Gasteiger partial charge in [0, 0.05) is 12.5 Å². The van der Waals surface area contributed by atoms with Gasteiger partial charge in [0.25, 0.3) is 11.8 Å². The minimum absolute atomic E-state index is 0.0679. The van der Waals surface area contributed by atoms with Crippen LogP contribution < -0.4 is 25.4 Å². The van der Waals surface area contributed by atoms with Crippen LogP contribution in [0.3, 0.4) is 0 Å². The van der Waals surface area contributed by atoms with Gasteiger partial charge in [0.1, 0.15) is 28.9 Å². The number of para-hydroxylation sites is 1. The lowest BCUT2D eigenvalue weighted by atomic mass is 9.90. The number of carbonyl (C=O) groups excluding carboxylic acids is 9. The van der Waals surface area contributed by atoms with Gasteiger partial charge < -0.3 is 48.9 Å². The first-order valence-corrected chi connectivity index (χ1v) is 24.2. The Labute approximate surface area is 414 Å². The van der Waals surface area contributed by atoms with E-state index in [1.807, 2.05) is 27.7 Å². The van der Waals surface area contributed by atoms with Crippen LogP contribution in [0.15, 0.2) is 59.0 Å². The second-order valence-corrected chi connectivity index (χ2v) is 16.3. The van der Waals surface area contributed by atoms with Crippen molar-refractivity contribution >= 4 is 54.0 Å². The monoisotopic (exact) mass is 992 g/mol. The molecule has 388 valence electrons. The van der Waals surface area contributed by atoms with Crippen molar-refractivity contribution in [3.63, 3.8) is 0 Å². The average Bonchev–Trinajstić information content (AvgIpc) is 3.86. The van der Waals surface area contributed by atoms with Crippen molar-refractivity contribution in [3.8, 4) is 22.8 Å². The normalized spacial score (nSPS) is 12.0. The first-order chi connectivity index (χ1) is 34.2. The molecule has 20 heteroatoms. The first-order valence-electron chi connectivity index (χ1n) is 24.2. The van der Waals surface area contributed by atoms with Crippen LogP contribution in [-0.4, -0.2) is 104 Å². The number of esters is 4. The van der Waals surface area contributed by atoms with Gasteiger partial charge in [-0.2, -0.15) is 5.06 Å². The van der Waals surface area contributed by atoms with Crippen LogP contribution in [0.2, 0.25) is 0 Å². The average molecular weight is 993 g/mol. The van der Waals surface area contributed by atoms with Gasteiger partial charge in [0.2, 0.25) is 12.3 Å². The summed E-state index contributed by atoms with van der Waals surface area (Å²) in [5, 5.41) is 8.58. The maximum Gasteiger partial charge on any atom is 0.367 e. The molecular formula is C51H68N4O16. The van der Waals surface area contributed by atoms with Crippen LogP contribution in [-0.2, 0) is 47.8 Å². The summed E-state index contributed by atoms with van der Waals surface area (Å²) in [6, 6.07) is 10.6. The van der Waals surface area contributed by atoms with Gasteiger partial charge >= 0.3 is 29.8 Å². The highest BCUT2D eigenvalue weighted by Crippen LogP contribution is 2.30. The lowest BCUT2D eigenvalue weighted by Crippen LogP contribution is -2.49. The molecular weight excluding hydrogens is 925 g/mol. The van der Waals surface area contributed by atoms with Crippen molar-refractivity contribution in [2.24, 2.45) is 5.92 Å². The van der Waals surface area contributed by atoms with Gasteiger partial charge in [0.05, 0.1) is 50.4 Å². The number of hydrogen-bond donors (Lipinski definition) is 3. The van der Waals surface area contributed by atoms with Crippen LogP contribution in [0.5, 0.6) is 11.5 Å². The standard InChI is InChI=1S/C51H68N4O16/c1-7-12-16-19-36(40(11-5)55(33-56)71-50(63)38-20-17-18-21-42(38)69-34(6)57)47(60)52-32-53-49(62)43-25-24-41(70-43)35-22-23-37(44(29-35)68-31-46(59)66-27-14-9-3)48(61)54-39(51(64)67-28-15-10-4)30-45(58)65-26-13-8-2/h17-18,20-25,29,33,36,39-40H,7-16,19,26-28,30-32H2,1-6H3,(H,52,60)(H,53,62)(H,54,61)/t36-,39+,40-/m1/s1. The van der Waals surface area contributed by atoms with Crippen molar-refractivity contribution < 1.29 is 76.1 Å². The molecule has 3 N–H and O–H groups in total. The Morgan fingerprint density at radius 3 is 2.01 bits per heavy atom. The molecule has 71 heavy (non-hydrogen) atoms. The summed E-state index contributed by atoms with van der Waals surface area (Å²) in [7, 11) is 0. The third kappa shape index (κ3) is 19.6. The second-order valence-electron chi connectivity index (χ2n) is 16.3. The van der Waals surface area contributed by atoms with Crippen LogP contribution in [0, 0.1) is 5.92 Å². The van der Waals surface area contributed by atoms with E-state index in [1.54, 1.807) is 13.0 Å². The van der Waals surface area contributed by atoms with Crippen LogP contribution in [0.25, 0.3) is 11.3 Å². The number of rotatable bonds is 33. The Hall–Kier alpha value is -7.25. The molecule has 0 aliphatic heterocycles. The zero-order valence-electron chi connectivity index (χ0n) is 41.5. The lowest BCUT2D eigenvalue weighted by molar-refractivity contribution is -0.171. The number of benzene rings is 2. The van der Waals surface area contributed by atoms with Gasteiger partial charge in [-0.25, -0.2) is 14.4 Å². The molecule has 0 saturated heterocycles. The molecule has 0 aliphatic rings. The Morgan fingerprint density at radius 2 is 1.37 bits per heavy atom. The Kier molecular flexibility index (Phi) is 26.0. The van der Waals surface area contributed by atoms with E-state index in [-0.39, 0.29) is 67.1 Å². The highest BCUT2D eigenvalue weighted by molar-refractivity contribution is 6.00. The summed E-state index contributed by atoms with van der Waals surface area (Å²) in [5.41, 5.74) is 0.0896. The fourth-order valence-corrected chi connectivity index (χ4v) is 6.88. The van der Waals surface area contributed by atoms with Crippen molar-refractivity contribution in [1.82, 2.24) is 21.0 Å². The highest BCUT2D eigenvalue weighted by Gasteiger charge is 2.34. The lowest BCUT2D eigenvalue weighted by Gasteiger charge is -2.32. The zero-order chi connectivity index (χ0) is 52.1. The van der Waals surface area contributed by atoms with Gasteiger partial charge in [0.15, 0.2) is 12.4 Å². The third-order valence-electron chi connectivity index (χ3n) is 10.7. The molecule has 0 unspecified atom stereocenters. The summed E-state index contributed by atoms with van der Waals surface area (Å²) >= 11 is 0. The number of furan rings is 1. The molecule has 1 heterocycles. The third-order valence-corrected chi connectivity index (χ3v) is 10.7. The summed E-state index contributed by atoms with van der Waals surface area (Å²) in [5.74, 6) is -7.05. The minimum Gasteiger partial charge on any atom is -0.481 e. The fraction of sp³-hybridized carbons (Fsp3) is 0.510. The van der Waals surface area contributed by atoms with E-state index >= 15 is 0 Å². The molecule has 0 spiro atoms. The maximum absolute atomic E-state index is 13.8. The Bertz CT molecular complexity index is 2240. The number of amides is 4. The predicted octanol–water partition coefficient (Wildman–Crippen LogP) is 6.78. The van der Waals surface area contributed by atoms with Crippen LogP contribution in [0.4, 0.5) is 0 Å². The topological polar surface area (TPSA) is 261 Å². The zero-order valence-corrected chi connectivity index (χ0v) is 41.5. The van der Waals surface area contributed by atoms with Crippen molar-refractivity contribution in [1.29, 1.82) is 0 Å². The van der Waals surface area contributed by atoms with Gasteiger partial charge in [-0.15, -0.1) is 0 Å². The van der Waals surface area contributed by atoms with Crippen LogP contribution in [0.1, 0.15) is 150 Å². The molecule has 0 saturated carbocycles. The smallest absolute Gasteiger partial charge is 0.367 e. The molecule has 3 rings (SSSR count). The predicted molar refractivity (Wildman–Crippen MR) is 256 cm³/mol. The molecule has 3 aromatic rings. The summed E-state index contributed by atoms with van der Waals surface area (Å²) < 4.78 is 32.6. The van der Waals surface area contributed by atoms with Crippen molar-refractivity contribution in [2.45, 2.75) is 131 Å². The van der Waals surface area contributed by atoms with Crippen molar-refractivity contribution in [2.75, 3.05) is 33.1 Å². The maximum atomic E-state index is 13.8. The molecule has 4 amide bonds. The van der Waals surface area contributed by atoms with E-state index in [9.17, 15) is 43.2 Å². The van der Waals surface area contributed by atoms with Crippen LogP contribution >= 0.6 is 0 Å². The summed E-state index contributed by atoms with van der Waals surface area (Å²) in [6.07, 6.45) is 6.65. The first kappa shape index (κ1) is 58.1. The molecule has 0 fully saturated rings. The second kappa shape index (κ2) is 31.8. The van der Waals surface area contributed by atoms with E-state index in [2.05, 4.69) is 16.0 Å². The van der Waals surface area contributed by atoms with Gasteiger partial charge in [-0.1, -0.05) is 91.3 Å². The largest absolute Gasteiger partial charge is 0.481 e. The number of nitrogens with one attached hydrogen (secondary N) is 3.